The highest BCUT2D eigenvalue weighted by Crippen LogP contribution is 2.31. The highest BCUT2D eigenvalue weighted by atomic mass is 16.6. The molecule has 44 heavy (non-hydrogen) atoms. The minimum absolute atomic E-state index is 0.0241. The molecule has 0 aromatic heterocycles. The Morgan fingerprint density at radius 3 is 2.18 bits per heavy atom. The van der Waals surface area contributed by atoms with Crippen LogP contribution >= 0.6 is 0 Å². The van der Waals surface area contributed by atoms with Crippen molar-refractivity contribution in [2.24, 2.45) is 23.5 Å². The number of benzene rings is 1. The predicted molar refractivity (Wildman–Crippen MR) is 171 cm³/mol. The molecule has 0 spiro atoms. The van der Waals surface area contributed by atoms with Crippen LogP contribution < -0.4 is 11.1 Å². The van der Waals surface area contributed by atoms with Gasteiger partial charge in [-0.25, -0.2) is 9.59 Å². The van der Waals surface area contributed by atoms with Crippen LogP contribution in [-0.2, 0) is 30.3 Å². The predicted octanol–water partition coefficient (Wildman–Crippen LogP) is 4.66. The number of nitrogens with two attached hydrogens (primary N) is 1. The summed E-state index contributed by atoms with van der Waals surface area (Å²) in [5, 5.41) is 2.95. The highest BCUT2D eigenvalue weighted by Gasteiger charge is 2.51. The van der Waals surface area contributed by atoms with Crippen molar-refractivity contribution in [3.05, 3.63) is 47.5 Å². The molecule has 1 heterocycles. The van der Waals surface area contributed by atoms with Gasteiger partial charge in [-0.2, -0.15) is 0 Å². The summed E-state index contributed by atoms with van der Waals surface area (Å²) in [5.41, 5.74) is 7.02. The fourth-order valence-electron chi connectivity index (χ4n) is 5.69. The first kappa shape index (κ1) is 36.9. The van der Waals surface area contributed by atoms with Gasteiger partial charge in [0.05, 0.1) is 13.2 Å². The van der Waals surface area contributed by atoms with E-state index in [1.807, 2.05) is 64.6 Å². The molecule has 4 atom stereocenters. The Balaban J connectivity index is 2.55. The van der Waals surface area contributed by atoms with E-state index in [1.165, 1.54) is 7.11 Å². The molecule has 1 aliphatic heterocycles. The van der Waals surface area contributed by atoms with Gasteiger partial charge in [-0.05, 0) is 63.9 Å². The number of amides is 3. The van der Waals surface area contributed by atoms with Crippen molar-refractivity contribution in [2.75, 3.05) is 20.2 Å². The van der Waals surface area contributed by atoms with Gasteiger partial charge in [-0.1, -0.05) is 76.6 Å². The lowest BCUT2D eigenvalue weighted by Crippen LogP contribution is -2.71. The standard InChI is InChI=1S/C34H54N4O6/c1-11-28(39)38(29(22(2)3)30(40)43-10)31(41)34(35,23(4)5)37-18-17-27(24(6)36-32(42)44-33(7,8)9)20-26(21-37)19-25-15-13-12-14-16-25/h12-16,20,22-24,26,29H,11,17-19,21,35H2,1-10H3,(H,36,42)/t24?,26?,29-,34+/m0/s1. The number of carbonyl (C=O) groups excluding carboxylic acids is 4. The monoisotopic (exact) mass is 614 g/mol. The van der Waals surface area contributed by atoms with Crippen LogP contribution in [0.5, 0.6) is 0 Å². The van der Waals surface area contributed by atoms with E-state index in [0.29, 0.717) is 25.9 Å². The summed E-state index contributed by atoms with van der Waals surface area (Å²) >= 11 is 0. The van der Waals surface area contributed by atoms with E-state index in [0.717, 1.165) is 16.0 Å². The number of hydrogen-bond donors (Lipinski definition) is 2. The van der Waals surface area contributed by atoms with Crippen LogP contribution in [0.2, 0.25) is 0 Å². The minimum atomic E-state index is -1.61. The number of nitrogens with one attached hydrogen (secondary N) is 1. The Morgan fingerprint density at radius 1 is 1.07 bits per heavy atom. The lowest BCUT2D eigenvalue weighted by molar-refractivity contribution is -0.169. The Bertz CT molecular complexity index is 1180. The maximum absolute atomic E-state index is 14.6. The van der Waals surface area contributed by atoms with Crippen LogP contribution in [0.25, 0.3) is 0 Å². The third-order valence-corrected chi connectivity index (χ3v) is 8.09. The normalized spacial score (nSPS) is 18.8. The highest BCUT2D eigenvalue weighted by molar-refractivity contribution is 6.03. The lowest BCUT2D eigenvalue weighted by Gasteiger charge is -2.46. The fraction of sp³-hybridized carbons (Fsp3) is 0.647. The smallest absolute Gasteiger partial charge is 0.408 e. The molecule has 10 nitrogen and oxygen atoms in total. The molecule has 0 fully saturated rings. The van der Waals surface area contributed by atoms with Gasteiger partial charge in [0.25, 0.3) is 5.91 Å². The summed E-state index contributed by atoms with van der Waals surface area (Å²) in [6.07, 6.45) is 2.88. The van der Waals surface area contributed by atoms with Gasteiger partial charge in [0.2, 0.25) is 5.91 Å². The Labute approximate surface area is 263 Å². The molecule has 10 heteroatoms. The summed E-state index contributed by atoms with van der Waals surface area (Å²) in [6.45, 7) is 17.1. The maximum Gasteiger partial charge on any atom is 0.408 e. The number of ether oxygens (including phenoxy) is 2. The number of carbonyl (C=O) groups is 4. The first-order valence-electron chi connectivity index (χ1n) is 15.7. The van der Waals surface area contributed by atoms with E-state index < -0.39 is 47.1 Å². The minimum Gasteiger partial charge on any atom is -0.467 e. The number of nitrogens with zero attached hydrogens (tertiary/aromatic N) is 2. The molecule has 0 aliphatic carbocycles. The van der Waals surface area contributed by atoms with Crippen LogP contribution in [-0.4, -0.2) is 77.2 Å². The van der Waals surface area contributed by atoms with Crippen LogP contribution in [0.1, 0.15) is 80.7 Å². The second-order valence-electron chi connectivity index (χ2n) is 13.4. The van der Waals surface area contributed by atoms with Gasteiger partial charge in [0.15, 0.2) is 5.66 Å². The molecule has 0 bridgehead atoms. The lowest BCUT2D eigenvalue weighted by atomic mass is 9.89. The molecule has 0 saturated heterocycles. The van der Waals surface area contributed by atoms with Crippen molar-refractivity contribution < 1.29 is 28.7 Å². The van der Waals surface area contributed by atoms with Crippen LogP contribution in [0.15, 0.2) is 42.0 Å². The molecule has 1 aromatic carbocycles. The Hall–Kier alpha value is -3.24. The summed E-state index contributed by atoms with van der Waals surface area (Å²) in [6, 6.07) is 8.61. The van der Waals surface area contributed by atoms with Crippen LogP contribution in [0.3, 0.4) is 0 Å². The average Bonchev–Trinajstić information content (AvgIpc) is 3.16. The van der Waals surface area contributed by atoms with Gasteiger partial charge >= 0.3 is 12.1 Å². The third-order valence-electron chi connectivity index (χ3n) is 8.09. The van der Waals surface area contributed by atoms with E-state index in [4.69, 9.17) is 15.2 Å². The summed E-state index contributed by atoms with van der Waals surface area (Å²) in [5.74, 6) is -2.64. The second kappa shape index (κ2) is 15.7. The number of methoxy groups -OCH3 is 1. The number of esters is 1. The van der Waals surface area contributed by atoms with E-state index in [9.17, 15) is 19.2 Å². The fourth-order valence-corrected chi connectivity index (χ4v) is 5.69. The third kappa shape index (κ3) is 9.38. The van der Waals surface area contributed by atoms with Crippen molar-refractivity contribution in [3.63, 3.8) is 0 Å². The van der Waals surface area contributed by atoms with Crippen LogP contribution in [0.4, 0.5) is 4.79 Å². The molecule has 246 valence electrons. The first-order chi connectivity index (χ1) is 20.5. The average molecular weight is 615 g/mol. The van der Waals surface area contributed by atoms with E-state index in [1.54, 1.807) is 20.8 Å². The molecule has 1 aliphatic rings. The molecular formula is C34H54N4O6. The van der Waals surface area contributed by atoms with Gasteiger partial charge in [-0.3, -0.25) is 19.4 Å². The SMILES string of the molecule is CCC(=O)N(C(=O)[C@@](N)(C(C)C)N1CCC(C(C)NC(=O)OC(C)(C)C)=CC(Cc2ccccc2)C1)[C@H](C(=O)OC)C(C)C. The van der Waals surface area contributed by atoms with Gasteiger partial charge < -0.3 is 20.5 Å². The molecule has 3 N–H and O–H groups in total. The van der Waals surface area contributed by atoms with Crippen LogP contribution in [0, 0.1) is 17.8 Å². The molecule has 3 amide bonds. The first-order valence-corrected chi connectivity index (χ1v) is 15.7. The van der Waals surface area contributed by atoms with Crippen molar-refractivity contribution in [3.8, 4) is 0 Å². The van der Waals surface area contributed by atoms with E-state index >= 15 is 0 Å². The number of alkyl carbamates (subject to hydrolysis) is 1. The quantitative estimate of drug-likeness (QED) is 0.272. The number of hydrogen-bond acceptors (Lipinski definition) is 8. The molecule has 0 saturated carbocycles. The molecule has 2 rings (SSSR count). The van der Waals surface area contributed by atoms with Crippen molar-refractivity contribution in [1.82, 2.24) is 15.1 Å². The van der Waals surface area contributed by atoms with E-state index in [2.05, 4.69) is 23.5 Å². The van der Waals surface area contributed by atoms with Crippen molar-refractivity contribution in [1.29, 1.82) is 0 Å². The number of rotatable bonds is 11. The van der Waals surface area contributed by atoms with Crippen molar-refractivity contribution >= 4 is 23.9 Å². The Morgan fingerprint density at radius 2 is 1.68 bits per heavy atom. The zero-order valence-electron chi connectivity index (χ0n) is 28.3. The molecule has 1 aromatic rings. The zero-order valence-corrected chi connectivity index (χ0v) is 28.3. The molecular weight excluding hydrogens is 560 g/mol. The summed E-state index contributed by atoms with van der Waals surface area (Å²) in [7, 11) is 1.25. The maximum atomic E-state index is 14.6. The summed E-state index contributed by atoms with van der Waals surface area (Å²) in [4.78, 5) is 56.5. The largest absolute Gasteiger partial charge is 0.467 e. The van der Waals surface area contributed by atoms with Gasteiger partial charge in [0.1, 0.15) is 11.6 Å². The summed E-state index contributed by atoms with van der Waals surface area (Å²) < 4.78 is 10.5. The van der Waals surface area contributed by atoms with Crippen molar-refractivity contribution in [2.45, 2.75) is 105 Å². The topological polar surface area (TPSA) is 131 Å². The number of imide groups is 1. The van der Waals surface area contributed by atoms with E-state index in [-0.39, 0.29) is 24.3 Å². The van der Waals surface area contributed by atoms with Gasteiger partial charge in [0, 0.05) is 19.5 Å². The van der Waals surface area contributed by atoms with Gasteiger partial charge in [-0.15, -0.1) is 0 Å². The molecule has 2 unspecified atom stereocenters. The zero-order chi connectivity index (χ0) is 33.4. The molecule has 0 radical (unpaired) electrons. The second-order valence-corrected chi connectivity index (χ2v) is 13.4. The Kier molecular flexibility index (Phi) is 13.2.